The zero-order chi connectivity index (χ0) is 17.2. The Morgan fingerprint density at radius 3 is 2.92 bits per heavy atom. The number of hydrogen-bond donors (Lipinski definition) is 1. The largest absolute Gasteiger partial charge is 0.380 e. The van der Waals surface area contributed by atoms with E-state index in [1.54, 1.807) is 13.4 Å². The molecule has 25 heavy (non-hydrogen) atoms. The fourth-order valence-electron chi connectivity index (χ4n) is 3.35. The summed E-state index contributed by atoms with van der Waals surface area (Å²) >= 11 is 0. The zero-order valence-electron chi connectivity index (χ0n) is 14.7. The first kappa shape index (κ1) is 16.2. The van der Waals surface area contributed by atoms with Gasteiger partial charge in [0, 0.05) is 44.1 Å². The van der Waals surface area contributed by atoms with Crippen LogP contribution in [0, 0.1) is 6.92 Å². The Labute approximate surface area is 147 Å². The second-order valence-electron chi connectivity index (χ2n) is 6.87. The highest BCUT2D eigenvalue weighted by Gasteiger charge is 2.33. The molecule has 0 bridgehead atoms. The molecule has 1 saturated carbocycles. The quantitative estimate of drug-likeness (QED) is 0.863. The van der Waals surface area contributed by atoms with Crippen molar-refractivity contribution in [2.45, 2.75) is 44.2 Å². The van der Waals surface area contributed by atoms with Crippen molar-refractivity contribution >= 4 is 11.6 Å². The average molecular weight is 340 g/mol. The van der Waals surface area contributed by atoms with Gasteiger partial charge in [0.25, 0.3) is 0 Å². The second-order valence-corrected chi connectivity index (χ2v) is 6.87. The molecule has 1 aliphatic heterocycles. The number of nitrogens with zero attached hydrogens (tertiary/aromatic N) is 5. The van der Waals surface area contributed by atoms with Crippen molar-refractivity contribution in [2.75, 3.05) is 30.4 Å². The molecule has 1 aliphatic carbocycles. The van der Waals surface area contributed by atoms with Crippen LogP contribution >= 0.6 is 0 Å². The Kier molecular flexibility index (Phi) is 4.48. The first-order valence-corrected chi connectivity index (χ1v) is 8.88. The molecule has 0 amide bonds. The van der Waals surface area contributed by atoms with Crippen LogP contribution in [-0.2, 0) is 4.74 Å². The van der Waals surface area contributed by atoms with E-state index in [0.717, 1.165) is 42.7 Å². The molecule has 0 unspecified atom stereocenters. The van der Waals surface area contributed by atoms with E-state index in [-0.39, 0.29) is 6.10 Å². The number of aryl methyl sites for hydroxylation is 1. The lowest BCUT2D eigenvalue weighted by molar-refractivity contribution is 0.118. The van der Waals surface area contributed by atoms with Crippen molar-refractivity contribution in [1.82, 2.24) is 19.9 Å². The van der Waals surface area contributed by atoms with Gasteiger partial charge >= 0.3 is 0 Å². The molecule has 1 saturated heterocycles. The number of rotatable bonds is 6. The van der Waals surface area contributed by atoms with Crippen molar-refractivity contribution in [3.05, 3.63) is 36.2 Å². The molecule has 1 N–H and O–H groups in total. The minimum absolute atomic E-state index is 0.217. The van der Waals surface area contributed by atoms with Crippen LogP contribution in [0.4, 0.5) is 11.6 Å². The summed E-state index contributed by atoms with van der Waals surface area (Å²) in [5.74, 6) is 3.39. The molecule has 4 rings (SSSR count). The van der Waals surface area contributed by atoms with Crippen LogP contribution in [0.2, 0.25) is 0 Å². The minimum Gasteiger partial charge on any atom is -0.380 e. The van der Waals surface area contributed by atoms with Crippen LogP contribution in [0.15, 0.2) is 24.7 Å². The Balaban J connectivity index is 1.46. The maximum absolute atomic E-state index is 5.60. The highest BCUT2D eigenvalue weighted by Crippen LogP contribution is 2.38. The summed E-state index contributed by atoms with van der Waals surface area (Å²) in [5, 5.41) is 3.48. The van der Waals surface area contributed by atoms with Gasteiger partial charge in [-0.2, -0.15) is 0 Å². The fraction of sp³-hybridized carbons (Fsp3) is 0.556. The summed E-state index contributed by atoms with van der Waals surface area (Å²) in [4.78, 5) is 20.0. The first-order chi connectivity index (χ1) is 12.2. The normalized spacial score (nSPS) is 23.0. The van der Waals surface area contributed by atoms with Crippen LogP contribution in [0.1, 0.15) is 36.7 Å². The predicted octanol–water partition coefficient (Wildman–Crippen LogP) is 2.16. The first-order valence-electron chi connectivity index (χ1n) is 8.88. The molecular weight excluding hydrogens is 316 g/mol. The molecule has 2 aromatic heterocycles. The Morgan fingerprint density at radius 2 is 2.16 bits per heavy atom. The lowest BCUT2D eigenvalue weighted by Crippen LogP contribution is -2.36. The Bertz CT molecular complexity index is 735. The van der Waals surface area contributed by atoms with Gasteiger partial charge in [-0.1, -0.05) is 0 Å². The summed E-state index contributed by atoms with van der Waals surface area (Å²) in [5.41, 5.74) is 0.974. The molecular formula is C18H24N6O. The second kappa shape index (κ2) is 6.92. The maximum atomic E-state index is 5.60. The molecule has 2 fully saturated rings. The Hall–Kier alpha value is -2.28. The monoisotopic (exact) mass is 340 g/mol. The number of nitrogens with one attached hydrogen (secondary N) is 1. The number of anilines is 2. The van der Waals surface area contributed by atoms with E-state index in [1.165, 1.54) is 12.8 Å². The number of hydrogen-bond acceptors (Lipinski definition) is 7. The molecule has 0 spiro atoms. The van der Waals surface area contributed by atoms with E-state index in [0.29, 0.717) is 12.0 Å². The van der Waals surface area contributed by atoms with Gasteiger partial charge in [-0.25, -0.2) is 19.9 Å². The number of aromatic nitrogens is 4. The van der Waals surface area contributed by atoms with Crippen molar-refractivity contribution in [3.8, 4) is 0 Å². The lowest BCUT2D eigenvalue weighted by atomic mass is 10.2. The van der Waals surface area contributed by atoms with Gasteiger partial charge in [0.05, 0.1) is 12.1 Å². The lowest BCUT2D eigenvalue weighted by Gasteiger charge is -2.25. The van der Waals surface area contributed by atoms with E-state index in [9.17, 15) is 0 Å². The minimum atomic E-state index is 0.217. The third-order valence-electron chi connectivity index (χ3n) is 4.93. The van der Waals surface area contributed by atoms with Gasteiger partial charge < -0.3 is 15.0 Å². The molecule has 2 aliphatic rings. The molecule has 7 heteroatoms. The SMILES string of the molecule is CO[C@H]1C[C@@H](CNc2ccnc(C3CC3)n2)N(c2cc(C)ncn2)C1. The smallest absolute Gasteiger partial charge is 0.133 e. The van der Waals surface area contributed by atoms with Gasteiger partial charge in [-0.15, -0.1) is 0 Å². The summed E-state index contributed by atoms with van der Waals surface area (Å²) in [7, 11) is 1.77. The molecule has 3 heterocycles. The predicted molar refractivity (Wildman–Crippen MR) is 95.8 cm³/mol. The highest BCUT2D eigenvalue weighted by molar-refractivity contribution is 5.43. The van der Waals surface area contributed by atoms with E-state index in [1.807, 2.05) is 25.3 Å². The van der Waals surface area contributed by atoms with Gasteiger partial charge in [0.2, 0.25) is 0 Å². The standard InChI is InChI=1S/C18H24N6O/c1-12-7-17(22-11-21-12)24-10-15(25-2)8-14(24)9-20-16-5-6-19-18(23-16)13-3-4-13/h5-7,11,13-15H,3-4,8-10H2,1-2H3,(H,19,20,23)/t14-,15-/m0/s1. The van der Waals surface area contributed by atoms with Crippen LogP contribution in [0.25, 0.3) is 0 Å². The summed E-state index contributed by atoms with van der Waals surface area (Å²) in [6, 6.07) is 4.27. The van der Waals surface area contributed by atoms with Crippen LogP contribution < -0.4 is 10.2 Å². The van der Waals surface area contributed by atoms with Crippen molar-refractivity contribution in [1.29, 1.82) is 0 Å². The molecule has 2 aromatic rings. The van der Waals surface area contributed by atoms with E-state index < -0.39 is 0 Å². The molecule has 2 atom stereocenters. The van der Waals surface area contributed by atoms with E-state index >= 15 is 0 Å². The van der Waals surface area contributed by atoms with Crippen molar-refractivity contribution in [2.24, 2.45) is 0 Å². The van der Waals surface area contributed by atoms with Gasteiger partial charge in [0.15, 0.2) is 0 Å². The van der Waals surface area contributed by atoms with E-state index in [2.05, 4.69) is 30.2 Å². The van der Waals surface area contributed by atoms with E-state index in [4.69, 9.17) is 4.74 Å². The van der Waals surface area contributed by atoms with Gasteiger partial charge in [-0.05, 0) is 32.3 Å². The topological polar surface area (TPSA) is 76.1 Å². The Morgan fingerprint density at radius 1 is 1.28 bits per heavy atom. The summed E-state index contributed by atoms with van der Waals surface area (Å²) in [6.45, 7) is 3.63. The van der Waals surface area contributed by atoms with Crippen LogP contribution in [0.5, 0.6) is 0 Å². The maximum Gasteiger partial charge on any atom is 0.133 e. The molecule has 0 aromatic carbocycles. The molecule has 132 valence electrons. The molecule has 7 nitrogen and oxygen atoms in total. The van der Waals surface area contributed by atoms with Crippen molar-refractivity contribution < 1.29 is 4.74 Å². The summed E-state index contributed by atoms with van der Waals surface area (Å²) < 4.78 is 5.60. The number of ether oxygens (including phenoxy) is 1. The molecule has 0 radical (unpaired) electrons. The summed E-state index contributed by atoms with van der Waals surface area (Å²) in [6.07, 6.45) is 7.08. The zero-order valence-corrected chi connectivity index (χ0v) is 14.7. The van der Waals surface area contributed by atoms with Crippen molar-refractivity contribution in [3.63, 3.8) is 0 Å². The average Bonchev–Trinajstić information content (AvgIpc) is 3.40. The van der Waals surface area contributed by atoms with Gasteiger partial charge in [-0.3, -0.25) is 0 Å². The third kappa shape index (κ3) is 3.71. The third-order valence-corrected chi connectivity index (χ3v) is 4.93. The van der Waals surface area contributed by atoms with Crippen LogP contribution in [0.3, 0.4) is 0 Å². The number of methoxy groups -OCH3 is 1. The highest BCUT2D eigenvalue weighted by atomic mass is 16.5. The van der Waals surface area contributed by atoms with Crippen LogP contribution in [-0.4, -0.2) is 52.3 Å². The van der Waals surface area contributed by atoms with Gasteiger partial charge in [0.1, 0.15) is 23.8 Å². The fourth-order valence-corrected chi connectivity index (χ4v) is 3.35.